The molecule has 0 heterocycles. The molecule has 0 unspecified atom stereocenters. The Hall–Kier alpha value is -0.830. The Morgan fingerprint density at radius 2 is 2.00 bits per heavy atom. The Morgan fingerprint density at radius 1 is 1.40 bits per heavy atom. The Labute approximate surface area is 99.2 Å². The minimum absolute atomic E-state index is 0.00319. The Bertz CT molecular complexity index is 321. The SMILES string of the molecule is CCC[C@H](C)NC(=O)c1ccc(Br)cc1. The lowest BCUT2D eigenvalue weighted by atomic mass is 10.1. The maximum atomic E-state index is 11.7. The lowest BCUT2D eigenvalue weighted by Gasteiger charge is -2.12. The van der Waals surface area contributed by atoms with E-state index in [4.69, 9.17) is 0 Å². The third-order valence-electron chi connectivity index (χ3n) is 2.21. The molecule has 0 spiro atoms. The van der Waals surface area contributed by atoms with Crippen LogP contribution in [0.5, 0.6) is 0 Å². The molecule has 0 aliphatic rings. The zero-order valence-corrected chi connectivity index (χ0v) is 10.7. The Kier molecular flexibility index (Phi) is 4.82. The van der Waals surface area contributed by atoms with Gasteiger partial charge in [0.1, 0.15) is 0 Å². The van der Waals surface area contributed by atoms with Gasteiger partial charge in [-0.15, -0.1) is 0 Å². The van der Waals surface area contributed by atoms with E-state index in [1.165, 1.54) is 0 Å². The fourth-order valence-corrected chi connectivity index (χ4v) is 1.68. The van der Waals surface area contributed by atoms with Crippen LogP contribution in [0.1, 0.15) is 37.0 Å². The standard InChI is InChI=1S/C12H16BrNO/c1-3-4-9(2)14-12(15)10-5-7-11(13)8-6-10/h5-9H,3-4H2,1-2H3,(H,14,15)/t9-/m0/s1. The molecule has 0 aliphatic heterocycles. The van der Waals surface area contributed by atoms with Crippen LogP contribution in [0.4, 0.5) is 0 Å². The third-order valence-corrected chi connectivity index (χ3v) is 2.73. The number of hydrogen-bond acceptors (Lipinski definition) is 1. The molecule has 1 aromatic rings. The van der Waals surface area contributed by atoms with Crippen LogP contribution in [0.25, 0.3) is 0 Å². The first-order valence-electron chi connectivity index (χ1n) is 5.20. The Morgan fingerprint density at radius 3 is 2.53 bits per heavy atom. The average molecular weight is 270 g/mol. The van der Waals surface area contributed by atoms with Crippen molar-refractivity contribution in [3.63, 3.8) is 0 Å². The van der Waals surface area contributed by atoms with Gasteiger partial charge in [-0.2, -0.15) is 0 Å². The van der Waals surface area contributed by atoms with Gasteiger partial charge in [-0.1, -0.05) is 29.3 Å². The van der Waals surface area contributed by atoms with Crippen molar-refractivity contribution in [2.75, 3.05) is 0 Å². The van der Waals surface area contributed by atoms with Crippen molar-refractivity contribution < 1.29 is 4.79 Å². The van der Waals surface area contributed by atoms with E-state index in [0.29, 0.717) is 5.56 Å². The summed E-state index contributed by atoms with van der Waals surface area (Å²) >= 11 is 3.34. The number of benzene rings is 1. The molecular weight excluding hydrogens is 254 g/mol. The fraction of sp³-hybridized carbons (Fsp3) is 0.417. The molecule has 1 atom stereocenters. The first-order chi connectivity index (χ1) is 7.13. The molecule has 3 heteroatoms. The second-order valence-corrected chi connectivity index (χ2v) is 4.59. The zero-order valence-electron chi connectivity index (χ0n) is 9.09. The lowest BCUT2D eigenvalue weighted by Crippen LogP contribution is -2.32. The molecule has 1 aromatic carbocycles. The molecule has 0 saturated heterocycles. The minimum Gasteiger partial charge on any atom is -0.350 e. The van der Waals surface area contributed by atoms with E-state index in [0.717, 1.165) is 17.3 Å². The van der Waals surface area contributed by atoms with Crippen LogP contribution in [0, 0.1) is 0 Å². The van der Waals surface area contributed by atoms with Gasteiger partial charge in [0.15, 0.2) is 0 Å². The lowest BCUT2D eigenvalue weighted by molar-refractivity contribution is 0.0938. The molecule has 1 N–H and O–H groups in total. The molecule has 1 amide bonds. The summed E-state index contributed by atoms with van der Waals surface area (Å²) < 4.78 is 0.987. The highest BCUT2D eigenvalue weighted by Gasteiger charge is 2.08. The molecular formula is C12H16BrNO. The molecule has 0 bridgehead atoms. The van der Waals surface area contributed by atoms with Crippen LogP contribution in [-0.2, 0) is 0 Å². The highest BCUT2D eigenvalue weighted by Crippen LogP contribution is 2.10. The van der Waals surface area contributed by atoms with Gasteiger partial charge in [0.2, 0.25) is 0 Å². The average Bonchev–Trinajstić information content (AvgIpc) is 2.18. The van der Waals surface area contributed by atoms with Crippen molar-refractivity contribution in [3.05, 3.63) is 34.3 Å². The predicted molar refractivity (Wildman–Crippen MR) is 66.0 cm³/mol. The van der Waals surface area contributed by atoms with Gasteiger partial charge < -0.3 is 5.32 Å². The summed E-state index contributed by atoms with van der Waals surface area (Å²) in [4.78, 5) is 11.7. The first kappa shape index (κ1) is 12.2. The number of rotatable bonds is 4. The van der Waals surface area contributed by atoms with E-state index in [2.05, 4.69) is 28.2 Å². The van der Waals surface area contributed by atoms with Crippen LogP contribution in [0.15, 0.2) is 28.7 Å². The summed E-state index contributed by atoms with van der Waals surface area (Å²) in [6.07, 6.45) is 2.10. The molecule has 82 valence electrons. The second-order valence-electron chi connectivity index (χ2n) is 3.67. The highest BCUT2D eigenvalue weighted by atomic mass is 79.9. The molecule has 0 fully saturated rings. The van der Waals surface area contributed by atoms with E-state index < -0.39 is 0 Å². The smallest absolute Gasteiger partial charge is 0.251 e. The topological polar surface area (TPSA) is 29.1 Å². The van der Waals surface area contributed by atoms with E-state index in [-0.39, 0.29) is 11.9 Å². The van der Waals surface area contributed by atoms with Crippen molar-refractivity contribution >= 4 is 21.8 Å². The molecule has 0 aromatic heterocycles. The largest absolute Gasteiger partial charge is 0.350 e. The van der Waals surface area contributed by atoms with Gasteiger partial charge in [-0.3, -0.25) is 4.79 Å². The van der Waals surface area contributed by atoms with Gasteiger partial charge in [0.25, 0.3) is 5.91 Å². The quantitative estimate of drug-likeness (QED) is 0.893. The summed E-state index contributed by atoms with van der Waals surface area (Å²) in [7, 11) is 0. The van der Waals surface area contributed by atoms with Crippen LogP contribution in [0.3, 0.4) is 0 Å². The number of nitrogens with one attached hydrogen (secondary N) is 1. The summed E-state index contributed by atoms with van der Waals surface area (Å²) in [5.74, 6) is 0.00319. The number of hydrogen-bond donors (Lipinski definition) is 1. The van der Waals surface area contributed by atoms with Crippen molar-refractivity contribution in [1.82, 2.24) is 5.32 Å². The van der Waals surface area contributed by atoms with Crippen molar-refractivity contribution in [2.24, 2.45) is 0 Å². The normalized spacial score (nSPS) is 12.2. The van der Waals surface area contributed by atoms with Gasteiger partial charge in [-0.05, 0) is 37.6 Å². The molecule has 0 aliphatic carbocycles. The van der Waals surface area contributed by atoms with Crippen LogP contribution < -0.4 is 5.32 Å². The van der Waals surface area contributed by atoms with Crippen LogP contribution >= 0.6 is 15.9 Å². The highest BCUT2D eigenvalue weighted by molar-refractivity contribution is 9.10. The van der Waals surface area contributed by atoms with Crippen molar-refractivity contribution in [1.29, 1.82) is 0 Å². The zero-order chi connectivity index (χ0) is 11.3. The molecule has 1 rings (SSSR count). The van der Waals surface area contributed by atoms with Crippen LogP contribution in [0.2, 0.25) is 0 Å². The number of carbonyl (C=O) groups excluding carboxylic acids is 1. The number of amides is 1. The summed E-state index contributed by atoms with van der Waals surface area (Å²) in [6, 6.07) is 7.63. The number of carbonyl (C=O) groups is 1. The van der Waals surface area contributed by atoms with Crippen LogP contribution in [-0.4, -0.2) is 11.9 Å². The van der Waals surface area contributed by atoms with Gasteiger partial charge >= 0.3 is 0 Å². The predicted octanol–water partition coefficient (Wildman–Crippen LogP) is 3.37. The monoisotopic (exact) mass is 269 g/mol. The molecule has 2 nitrogen and oxygen atoms in total. The molecule has 0 radical (unpaired) electrons. The van der Waals surface area contributed by atoms with Gasteiger partial charge in [0, 0.05) is 16.1 Å². The van der Waals surface area contributed by atoms with Gasteiger partial charge in [-0.25, -0.2) is 0 Å². The molecule has 0 saturated carbocycles. The van der Waals surface area contributed by atoms with E-state index in [1.807, 2.05) is 31.2 Å². The number of halogens is 1. The summed E-state index contributed by atoms with van der Waals surface area (Å²) in [5.41, 5.74) is 0.709. The molecule has 15 heavy (non-hydrogen) atoms. The third kappa shape index (κ3) is 4.04. The fourth-order valence-electron chi connectivity index (χ4n) is 1.41. The Balaban J connectivity index is 2.57. The van der Waals surface area contributed by atoms with E-state index in [9.17, 15) is 4.79 Å². The minimum atomic E-state index is 0.00319. The van der Waals surface area contributed by atoms with Crippen molar-refractivity contribution in [3.8, 4) is 0 Å². The van der Waals surface area contributed by atoms with Crippen molar-refractivity contribution in [2.45, 2.75) is 32.7 Å². The summed E-state index contributed by atoms with van der Waals surface area (Å²) in [6.45, 7) is 4.14. The summed E-state index contributed by atoms with van der Waals surface area (Å²) in [5, 5.41) is 2.96. The maximum absolute atomic E-state index is 11.7. The van der Waals surface area contributed by atoms with Gasteiger partial charge in [0.05, 0.1) is 0 Å². The van der Waals surface area contributed by atoms with E-state index in [1.54, 1.807) is 0 Å². The van der Waals surface area contributed by atoms with E-state index >= 15 is 0 Å². The first-order valence-corrected chi connectivity index (χ1v) is 5.99. The maximum Gasteiger partial charge on any atom is 0.251 e. The second kappa shape index (κ2) is 5.91.